The molecule has 1 heterocycles. The molecule has 0 radical (unpaired) electrons. The van der Waals surface area contributed by atoms with Crippen molar-refractivity contribution in [1.29, 1.82) is 0 Å². The maximum Gasteiger partial charge on any atom is 0.156 e. The minimum absolute atomic E-state index is 0.190. The second kappa shape index (κ2) is 5.08. The van der Waals surface area contributed by atoms with E-state index >= 15 is 0 Å². The molecule has 0 bridgehead atoms. The molecule has 1 fully saturated rings. The van der Waals surface area contributed by atoms with Gasteiger partial charge in [0, 0.05) is 0 Å². The van der Waals surface area contributed by atoms with Crippen molar-refractivity contribution in [2.24, 2.45) is 11.8 Å². The lowest BCUT2D eigenvalue weighted by Gasteiger charge is -2.36. The van der Waals surface area contributed by atoms with Gasteiger partial charge < -0.3 is 9.84 Å². The summed E-state index contributed by atoms with van der Waals surface area (Å²) in [6, 6.07) is 0.294. The van der Waals surface area contributed by atoms with Crippen LogP contribution >= 0.6 is 0 Å². The number of aliphatic hydroxyl groups is 1. The Hall–Kier alpha value is -1.03. The summed E-state index contributed by atoms with van der Waals surface area (Å²) < 4.78 is 7.13. The maximum absolute atomic E-state index is 9.83. The highest BCUT2D eigenvalue weighted by molar-refractivity contribution is 5.12. The van der Waals surface area contributed by atoms with E-state index in [0.29, 0.717) is 17.9 Å². The number of aromatic nitrogens is 2. The zero-order chi connectivity index (χ0) is 12.4. The number of hydrogen-bond acceptors (Lipinski definition) is 3. The molecule has 96 valence electrons. The second-order valence-corrected chi connectivity index (χ2v) is 5.30. The van der Waals surface area contributed by atoms with Gasteiger partial charge in [-0.25, -0.2) is 0 Å². The van der Waals surface area contributed by atoms with E-state index in [1.807, 2.05) is 10.9 Å². The third-order valence-corrected chi connectivity index (χ3v) is 3.85. The minimum Gasteiger partial charge on any atom is -0.493 e. The van der Waals surface area contributed by atoms with Gasteiger partial charge in [-0.1, -0.05) is 13.8 Å². The van der Waals surface area contributed by atoms with Crippen LogP contribution in [0.4, 0.5) is 0 Å². The fraction of sp³-hybridized carbons (Fsp3) is 0.769. The molecule has 0 amide bonds. The highest BCUT2D eigenvalue weighted by Gasteiger charge is 2.33. The molecule has 4 nitrogen and oxygen atoms in total. The van der Waals surface area contributed by atoms with Crippen molar-refractivity contribution in [3.63, 3.8) is 0 Å². The topological polar surface area (TPSA) is 47.3 Å². The number of hydrogen-bond donors (Lipinski definition) is 1. The highest BCUT2D eigenvalue weighted by atomic mass is 16.5. The molecule has 2 rings (SSSR count). The first-order chi connectivity index (χ1) is 8.11. The van der Waals surface area contributed by atoms with Crippen molar-refractivity contribution in [3.8, 4) is 5.75 Å². The van der Waals surface area contributed by atoms with Crippen molar-refractivity contribution in [3.05, 3.63) is 12.4 Å². The standard InChI is InChI=1S/C13H22N2O2/c1-9(2)12-5-4-10(16)6-13(12)15-8-11(17-3)7-14-15/h7-10,12-13,16H,4-6H2,1-3H3. The van der Waals surface area contributed by atoms with E-state index in [9.17, 15) is 5.11 Å². The molecular weight excluding hydrogens is 216 g/mol. The zero-order valence-corrected chi connectivity index (χ0v) is 10.8. The van der Waals surface area contributed by atoms with Crippen LogP contribution in [0, 0.1) is 11.8 Å². The molecule has 1 saturated carbocycles. The highest BCUT2D eigenvalue weighted by Crippen LogP contribution is 2.38. The van der Waals surface area contributed by atoms with Crippen molar-refractivity contribution in [1.82, 2.24) is 9.78 Å². The summed E-state index contributed by atoms with van der Waals surface area (Å²) in [4.78, 5) is 0. The van der Waals surface area contributed by atoms with Crippen LogP contribution in [0.5, 0.6) is 5.75 Å². The minimum atomic E-state index is -0.190. The molecule has 1 aliphatic rings. The molecule has 1 N–H and O–H groups in total. The van der Waals surface area contributed by atoms with Gasteiger partial charge in [0.2, 0.25) is 0 Å². The Labute approximate surface area is 103 Å². The van der Waals surface area contributed by atoms with E-state index in [4.69, 9.17) is 4.74 Å². The van der Waals surface area contributed by atoms with Gasteiger partial charge >= 0.3 is 0 Å². The summed E-state index contributed by atoms with van der Waals surface area (Å²) in [5, 5.41) is 14.2. The maximum atomic E-state index is 9.83. The molecule has 0 saturated heterocycles. The molecule has 0 aliphatic heterocycles. The van der Waals surface area contributed by atoms with E-state index in [-0.39, 0.29) is 6.10 Å². The summed E-state index contributed by atoms with van der Waals surface area (Å²) >= 11 is 0. The third-order valence-electron chi connectivity index (χ3n) is 3.85. The van der Waals surface area contributed by atoms with E-state index in [0.717, 1.165) is 25.0 Å². The lowest BCUT2D eigenvalue weighted by molar-refractivity contribution is 0.0521. The average Bonchev–Trinajstić information content (AvgIpc) is 2.76. The Morgan fingerprint density at radius 1 is 1.47 bits per heavy atom. The van der Waals surface area contributed by atoms with Gasteiger partial charge in [-0.2, -0.15) is 5.10 Å². The van der Waals surface area contributed by atoms with E-state index in [1.54, 1.807) is 13.3 Å². The Kier molecular flexibility index (Phi) is 3.72. The summed E-state index contributed by atoms with van der Waals surface area (Å²) in [7, 11) is 1.65. The Balaban J connectivity index is 2.19. The fourth-order valence-corrected chi connectivity index (χ4v) is 2.84. The van der Waals surface area contributed by atoms with Crippen molar-refractivity contribution < 1.29 is 9.84 Å². The number of ether oxygens (including phenoxy) is 1. The van der Waals surface area contributed by atoms with Crippen LogP contribution in [-0.4, -0.2) is 28.1 Å². The third kappa shape index (κ3) is 2.63. The monoisotopic (exact) mass is 238 g/mol. The predicted molar refractivity (Wildman–Crippen MR) is 66.0 cm³/mol. The van der Waals surface area contributed by atoms with Gasteiger partial charge in [0.05, 0.1) is 31.6 Å². The van der Waals surface area contributed by atoms with E-state index < -0.39 is 0 Å². The summed E-state index contributed by atoms with van der Waals surface area (Å²) in [5.74, 6) is 1.98. The molecule has 0 spiro atoms. The normalized spacial score (nSPS) is 29.6. The largest absolute Gasteiger partial charge is 0.493 e. The smallest absolute Gasteiger partial charge is 0.156 e. The summed E-state index contributed by atoms with van der Waals surface area (Å²) in [6.07, 6.45) is 6.26. The van der Waals surface area contributed by atoms with Gasteiger partial charge in [-0.05, 0) is 31.1 Å². The van der Waals surface area contributed by atoms with Gasteiger partial charge in [-0.15, -0.1) is 0 Å². The first kappa shape index (κ1) is 12.4. The fourth-order valence-electron chi connectivity index (χ4n) is 2.84. The molecule has 17 heavy (non-hydrogen) atoms. The van der Waals surface area contributed by atoms with Crippen molar-refractivity contribution in [2.45, 2.75) is 45.3 Å². The SMILES string of the molecule is COc1cnn(C2CC(O)CCC2C(C)C)c1. The van der Waals surface area contributed by atoms with Crippen LogP contribution in [0.1, 0.15) is 39.2 Å². The van der Waals surface area contributed by atoms with Gasteiger partial charge in [-0.3, -0.25) is 4.68 Å². The zero-order valence-electron chi connectivity index (χ0n) is 10.8. The van der Waals surface area contributed by atoms with Gasteiger partial charge in [0.15, 0.2) is 5.75 Å². The first-order valence-corrected chi connectivity index (χ1v) is 6.38. The number of rotatable bonds is 3. The molecule has 4 heteroatoms. The van der Waals surface area contributed by atoms with Crippen LogP contribution in [-0.2, 0) is 0 Å². The molecule has 1 aromatic heterocycles. The first-order valence-electron chi connectivity index (χ1n) is 6.38. The van der Waals surface area contributed by atoms with Crippen LogP contribution in [0.2, 0.25) is 0 Å². The Morgan fingerprint density at radius 2 is 2.24 bits per heavy atom. The van der Waals surface area contributed by atoms with Gasteiger partial charge in [0.1, 0.15) is 0 Å². The van der Waals surface area contributed by atoms with E-state index in [2.05, 4.69) is 18.9 Å². The number of aliphatic hydroxyl groups excluding tert-OH is 1. The van der Waals surface area contributed by atoms with Crippen LogP contribution in [0.3, 0.4) is 0 Å². The summed E-state index contributed by atoms with van der Waals surface area (Å²) in [6.45, 7) is 4.49. The number of methoxy groups -OCH3 is 1. The molecule has 0 aromatic carbocycles. The molecule has 1 aliphatic carbocycles. The quantitative estimate of drug-likeness (QED) is 0.878. The van der Waals surface area contributed by atoms with Crippen molar-refractivity contribution in [2.75, 3.05) is 7.11 Å². The lowest BCUT2D eigenvalue weighted by Crippen LogP contribution is -2.33. The van der Waals surface area contributed by atoms with Gasteiger partial charge in [0.25, 0.3) is 0 Å². The molecule has 1 aromatic rings. The molecule has 3 unspecified atom stereocenters. The van der Waals surface area contributed by atoms with Crippen LogP contribution in [0.25, 0.3) is 0 Å². The molecular formula is C13H22N2O2. The average molecular weight is 238 g/mol. The Morgan fingerprint density at radius 3 is 2.82 bits per heavy atom. The number of nitrogens with zero attached hydrogens (tertiary/aromatic N) is 2. The van der Waals surface area contributed by atoms with Crippen LogP contribution < -0.4 is 4.74 Å². The summed E-state index contributed by atoms with van der Waals surface area (Å²) in [5.41, 5.74) is 0. The second-order valence-electron chi connectivity index (χ2n) is 5.30. The van der Waals surface area contributed by atoms with Crippen LogP contribution in [0.15, 0.2) is 12.4 Å². The van der Waals surface area contributed by atoms with E-state index in [1.165, 1.54) is 0 Å². The van der Waals surface area contributed by atoms with Crippen molar-refractivity contribution >= 4 is 0 Å². The Bertz CT molecular complexity index is 362. The predicted octanol–water partition coefficient (Wildman–Crippen LogP) is 2.25. The molecule has 3 atom stereocenters. The lowest BCUT2D eigenvalue weighted by atomic mass is 9.77.